The lowest BCUT2D eigenvalue weighted by Crippen LogP contribution is -2.38. The van der Waals surface area contributed by atoms with Gasteiger partial charge in [0.05, 0.1) is 6.20 Å². The molecule has 0 bridgehead atoms. The summed E-state index contributed by atoms with van der Waals surface area (Å²) < 4.78 is 27.6. The molecule has 2 rings (SSSR count). The van der Waals surface area contributed by atoms with E-state index in [2.05, 4.69) is 34.1 Å². The highest BCUT2D eigenvalue weighted by molar-refractivity contribution is 7.89. The van der Waals surface area contributed by atoms with Crippen LogP contribution in [0, 0.1) is 11.8 Å². The number of nitrogens with zero attached hydrogens (tertiary/aromatic N) is 1. The highest BCUT2D eigenvalue weighted by Gasteiger charge is 2.34. The first-order valence-corrected chi connectivity index (χ1v) is 8.13. The largest absolute Gasteiger partial charge is 0.316 e. The molecule has 3 N–H and O–H groups in total. The fourth-order valence-corrected chi connectivity index (χ4v) is 4.13. The maximum Gasteiger partial charge on any atom is 0.258 e. The van der Waals surface area contributed by atoms with Gasteiger partial charge in [0.15, 0.2) is 5.03 Å². The first kappa shape index (κ1) is 14.5. The highest BCUT2D eigenvalue weighted by Crippen LogP contribution is 2.32. The van der Waals surface area contributed by atoms with Crippen molar-refractivity contribution in [3.05, 3.63) is 11.8 Å². The number of nitrogens with one attached hydrogen (secondary N) is 3. The molecule has 0 aromatic carbocycles. The van der Waals surface area contributed by atoms with E-state index in [1.54, 1.807) is 13.2 Å². The number of aromatic nitrogens is 2. The van der Waals surface area contributed by atoms with Crippen molar-refractivity contribution in [3.8, 4) is 0 Å². The van der Waals surface area contributed by atoms with E-state index in [9.17, 15) is 8.42 Å². The van der Waals surface area contributed by atoms with Gasteiger partial charge in [-0.15, -0.1) is 0 Å². The van der Waals surface area contributed by atoms with Gasteiger partial charge in [0.1, 0.15) is 0 Å². The number of hydrogen-bond donors (Lipinski definition) is 3. The topological polar surface area (TPSA) is 86.9 Å². The molecule has 0 aliphatic heterocycles. The summed E-state index contributed by atoms with van der Waals surface area (Å²) in [4.78, 5) is 0. The molecule has 1 heterocycles. The molecule has 0 radical (unpaired) electrons. The minimum Gasteiger partial charge on any atom is -0.316 e. The summed E-state index contributed by atoms with van der Waals surface area (Å²) in [5, 5.41) is 9.54. The minimum absolute atomic E-state index is 0.0192. The average Bonchev–Trinajstić information content (AvgIpc) is 2.92. The van der Waals surface area contributed by atoms with Crippen LogP contribution in [0.15, 0.2) is 11.2 Å². The van der Waals surface area contributed by atoms with E-state index in [1.807, 2.05) is 0 Å². The smallest absolute Gasteiger partial charge is 0.258 e. The number of H-pyrrole nitrogens is 1. The van der Waals surface area contributed by atoms with Gasteiger partial charge in [0.25, 0.3) is 10.0 Å². The van der Waals surface area contributed by atoms with Crippen LogP contribution in [0.25, 0.3) is 0 Å². The Hall–Kier alpha value is -0.920. The Balaban J connectivity index is 2.16. The molecule has 7 heteroatoms. The fraction of sp³-hybridized carbons (Fsp3) is 0.750. The Bertz CT molecular complexity index is 526. The highest BCUT2D eigenvalue weighted by atomic mass is 32.2. The van der Waals surface area contributed by atoms with Gasteiger partial charge in [-0.1, -0.05) is 13.8 Å². The lowest BCUT2D eigenvalue weighted by molar-refractivity contribution is 0.401. The summed E-state index contributed by atoms with van der Waals surface area (Å²) in [6.07, 6.45) is 3.52. The third-order valence-corrected chi connectivity index (χ3v) is 5.59. The lowest BCUT2D eigenvalue weighted by atomic mass is 9.98. The monoisotopic (exact) mass is 286 g/mol. The molecule has 3 unspecified atom stereocenters. The van der Waals surface area contributed by atoms with Crippen LogP contribution in [0.2, 0.25) is 0 Å². The number of aromatic amines is 1. The lowest BCUT2D eigenvalue weighted by Gasteiger charge is -2.19. The van der Waals surface area contributed by atoms with Crippen LogP contribution in [0.5, 0.6) is 0 Å². The number of sulfonamides is 1. The summed E-state index contributed by atoms with van der Waals surface area (Å²) >= 11 is 0. The molecular weight excluding hydrogens is 264 g/mol. The van der Waals surface area contributed by atoms with Crippen molar-refractivity contribution in [1.29, 1.82) is 0 Å². The molecule has 19 heavy (non-hydrogen) atoms. The van der Waals surface area contributed by atoms with E-state index in [4.69, 9.17) is 0 Å². The second-order valence-electron chi connectivity index (χ2n) is 5.40. The summed E-state index contributed by atoms with van der Waals surface area (Å²) in [5.41, 5.74) is 0.661. The Morgan fingerprint density at radius 1 is 1.42 bits per heavy atom. The quantitative estimate of drug-likeness (QED) is 0.748. The van der Waals surface area contributed by atoms with Crippen molar-refractivity contribution in [2.45, 2.75) is 44.3 Å². The van der Waals surface area contributed by atoms with Gasteiger partial charge >= 0.3 is 0 Å². The predicted octanol–water partition coefficient (Wildman–Crippen LogP) is 0.842. The van der Waals surface area contributed by atoms with Crippen molar-refractivity contribution in [3.63, 3.8) is 0 Å². The van der Waals surface area contributed by atoms with Crippen molar-refractivity contribution in [2.75, 3.05) is 7.05 Å². The first-order valence-electron chi connectivity index (χ1n) is 6.65. The van der Waals surface area contributed by atoms with Crippen molar-refractivity contribution in [1.82, 2.24) is 20.2 Å². The molecule has 0 saturated heterocycles. The molecule has 1 fully saturated rings. The van der Waals surface area contributed by atoms with Gasteiger partial charge in [0, 0.05) is 18.2 Å². The van der Waals surface area contributed by atoms with Crippen molar-refractivity contribution < 1.29 is 8.42 Å². The zero-order valence-corrected chi connectivity index (χ0v) is 12.4. The summed E-state index contributed by atoms with van der Waals surface area (Å²) in [5.74, 6) is 0.927. The van der Waals surface area contributed by atoms with E-state index in [1.165, 1.54) is 0 Å². The summed E-state index contributed by atoms with van der Waals surface area (Å²) in [6.45, 7) is 4.75. The number of rotatable bonds is 5. The molecule has 108 valence electrons. The standard InChI is InChI=1S/C12H22N4O2S/c1-8-4-5-11(9(8)2)16-19(17,18)12-10(6-13-3)7-14-15-12/h7-9,11,13,16H,4-6H2,1-3H3,(H,14,15). The molecule has 1 aliphatic carbocycles. The van der Waals surface area contributed by atoms with Crippen LogP contribution in [-0.4, -0.2) is 31.7 Å². The van der Waals surface area contributed by atoms with Crippen molar-refractivity contribution >= 4 is 10.0 Å². The molecule has 1 saturated carbocycles. The second kappa shape index (κ2) is 5.60. The molecular formula is C12H22N4O2S. The minimum atomic E-state index is -3.52. The Labute approximate surface area is 114 Å². The Morgan fingerprint density at radius 2 is 2.16 bits per heavy atom. The van der Waals surface area contributed by atoms with Crippen LogP contribution in [0.4, 0.5) is 0 Å². The van der Waals surface area contributed by atoms with Crippen LogP contribution in [-0.2, 0) is 16.6 Å². The van der Waals surface area contributed by atoms with Gasteiger partial charge in [-0.2, -0.15) is 5.10 Å². The third kappa shape index (κ3) is 2.98. The molecule has 0 spiro atoms. The SMILES string of the molecule is CNCc1cn[nH]c1S(=O)(=O)NC1CCC(C)C1C. The third-order valence-electron chi connectivity index (χ3n) is 4.09. The second-order valence-corrected chi connectivity index (χ2v) is 7.05. The van der Waals surface area contributed by atoms with Gasteiger partial charge in [-0.3, -0.25) is 5.10 Å². The van der Waals surface area contributed by atoms with E-state index >= 15 is 0 Å². The van der Waals surface area contributed by atoms with E-state index in [0.29, 0.717) is 23.9 Å². The average molecular weight is 286 g/mol. The van der Waals surface area contributed by atoms with Crippen LogP contribution in [0.3, 0.4) is 0 Å². The van der Waals surface area contributed by atoms with Gasteiger partial charge in [-0.25, -0.2) is 13.1 Å². The molecule has 1 aromatic heterocycles. The predicted molar refractivity (Wildman–Crippen MR) is 73.0 cm³/mol. The zero-order valence-electron chi connectivity index (χ0n) is 11.6. The van der Waals surface area contributed by atoms with Gasteiger partial charge in [-0.05, 0) is 31.7 Å². The molecule has 1 aliphatic rings. The van der Waals surface area contributed by atoms with E-state index in [0.717, 1.165) is 12.8 Å². The van der Waals surface area contributed by atoms with Crippen LogP contribution >= 0.6 is 0 Å². The summed E-state index contributed by atoms with van der Waals surface area (Å²) in [6, 6.07) is 0.0192. The fourth-order valence-electron chi connectivity index (χ4n) is 2.64. The maximum absolute atomic E-state index is 12.4. The van der Waals surface area contributed by atoms with E-state index < -0.39 is 10.0 Å². The van der Waals surface area contributed by atoms with Gasteiger partial charge in [0.2, 0.25) is 0 Å². The molecule has 6 nitrogen and oxygen atoms in total. The molecule has 0 amide bonds. The summed E-state index contributed by atoms with van der Waals surface area (Å²) in [7, 11) is -1.74. The Morgan fingerprint density at radius 3 is 2.74 bits per heavy atom. The molecule has 1 aromatic rings. The van der Waals surface area contributed by atoms with Crippen molar-refractivity contribution in [2.24, 2.45) is 11.8 Å². The van der Waals surface area contributed by atoms with Gasteiger partial charge < -0.3 is 5.32 Å². The number of hydrogen-bond acceptors (Lipinski definition) is 4. The first-order chi connectivity index (χ1) is 8.95. The normalized spacial score (nSPS) is 27.8. The maximum atomic E-state index is 12.4. The van der Waals surface area contributed by atoms with Crippen LogP contribution < -0.4 is 10.0 Å². The van der Waals surface area contributed by atoms with E-state index in [-0.39, 0.29) is 11.1 Å². The Kier molecular flexibility index (Phi) is 4.27. The molecule has 3 atom stereocenters. The van der Waals surface area contributed by atoms with Crippen LogP contribution in [0.1, 0.15) is 32.3 Å². The zero-order chi connectivity index (χ0) is 14.0.